The van der Waals surface area contributed by atoms with Crippen molar-refractivity contribution in [2.75, 3.05) is 18.0 Å². The van der Waals surface area contributed by atoms with E-state index in [-0.39, 0.29) is 0 Å². The highest BCUT2D eigenvalue weighted by atomic mass is 79.9. The number of rotatable bonds is 1. The molecule has 0 spiro atoms. The topological polar surface area (TPSA) is 27.0 Å². The van der Waals surface area contributed by atoms with Gasteiger partial charge < -0.3 is 4.90 Å². The second-order valence-electron chi connectivity index (χ2n) is 6.04. The maximum atomic E-state index is 9.28. The van der Waals surface area contributed by atoms with Crippen molar-refractivity contribution >= 4 is 21.6 Å². The molecule has 0 saturated carbocycles. The quantitative estimate of drug-likeness (QED) is 0.778. The molecule has 0 aliphatic carbocycles. The second kappa shape index (κ2) is 4.93. The third kappa shape index (κ3) is 2.54. The first-order valence-corrected chi connectivity index (χ1v) is 7.16. The molecule has 1 unspecified atom stereocenters. The van der Waals surface area contributed by atoms with E-state index in [1.165, 1.54) is 6.42 Å². The van der Waals surface area contributed by atoms with Gasteiger partial charge in [-0.05, 0) is 45.8 Å². The lowest BCUT2D eigenvalue weighted by atomic mass is 9.80. The van der Waals surface area contributed by atoms with Gasteiger partial charge in [-0.1, -0.05) is 26.8 Å². The average molecular weight is 307 g/mol. The molecule has 1 fully saturated rings. The summed E-state index contributed by atoms with van der Waals surface area (Å²) in [5.41, 5.74) is 2.17. The molecule has 0 aromatic heterocycles. The van der Waals surface area contributed by atoms with Crippen LogP contribution < -0.4 is 4.90 Å². The third-order valence-corrected chi connectivity index (χ3v) is 4.52. The summed E-state index contributed by atoms with van der Waals surface area (Å²) in [6.45, 7) is 9.00. The van der Waals surface area contributed by atoms with Gasteiger partial charge in [0.25, 0.3) is 0 Å². The van der Waals surface area contributed by atoms with Crippen molar-refractivity contribution in [1.29, 1.82) is 5.26 Å². The lowest BCUT2D eigenvalue weighted by Crippen LogP contribution is -2.26. The summed E-state index contributed by atoms with van der Waals surface area (Å²) in [6.07, 6.45) is 1.21. The first-order chi connectivity index (χ1) is 8.43. The molecular weight excluding hydrogens is 288 g/mol. The molecule has 1 heterocycles. The summed E-state index contributed by atoms with van der Waals surface area (Å²) in [6, 6.07) is 8.29. The zero-order valence-corrected chi connectivity index (χ0v) is 12.8. The molecule has 3 heteroatoms. The van der Waals surface area contributed by atoms with E-state index < -0.39 is 0 Å². The van der Waals surface area contributed by atoms with Crippen molar-refractivity contribution in [2.45, 2.75) is 27.2 Å². The molecule has 1 aromatic rings. The van der Waals surface area contributed by atoms with Crippen LogP contribution in [0.2, 0.25) is 0 Å². The molecule has 0 bridgehead atoms. The number of hydrogen-bond acceptors (Lipinski definition) is 2. The normalized spacial score (nSPS) is 19.9. The molecule has 1 atom stereocenters. The zero-order chi connectivity index (χ0) is 13.3. The largest absolute Gasteiger partial charge is 0.370 e. The molecule has 0 N–H and O–H groups in total. The van der Waals surface area contributed by atoms with Gasteiger partial charge in [0.05, 0.1) is 11.3 Å². The predicted molar refractivity (Wildman–Crippen MR) is 78.6 cm³/mol. The van der Waals surface area contributed by atoms with Crippen molar-refractivity contribution in [3.8, 4) is 6.07 Å². The van der Waals surface area contributed by atoms with Crippen molar-refractivity contribution in [3.63, 3.8) is 0 Å². The van der Waals surface area contributed by atoms with Gasteiger partial charge in [-0.3, -0.25) is 0 Å². The highest BCUT2D eigenvalue weighted by Crippen LogP contribution is 2.37. The number of hydrogen-bond donors (Lipinski definition) is 0. The number of nitriles is 1. The van der Waals surface area contributed by atoms with Crippen LogP contribution in [-0.2, 0) is 0 Å². The van der Waals surface area contributed by atoms with E-state index in [1.807, 2.05) is 18.2 Å². The molecule has 0 radical (unpaired) electrons. The maximum Gasteiger partial charge on any atom is 0.103 e. The maximum absolute atomic E-state index is 9.28. The summed E-state index contributed by atoms with van der Waals surface area (Å²) in [7, 11) is 0. The molecular formula is C15H19BrN2. The number of anilines is 1. The predicted octanol–water partition coefficient (Wildman–Crippen LogP) is 4.19. The number of halogens is 1. The lowest BCUT2D eigenvalue weighted by molar-refractivity contribution is 0.263. The average Bonchev–Trinajstić information content (AvgIpc) is 2.77. The third-order valence-electron chi connectivity index (χ3n) is 3.86. The van der Waals surface area contributed by atoms with Crippen LogP contribution in [0.3, 0.4) is 0 Å². The standard InChI is InChI=1S/C15H19BrN2/c1-15(2,3)11-7-8-18(10-11)14-6-4-5-13(16)12(14)9-17/h4-6,11H,7-8,10H2,1-3H3. The Kier molecular flexibility index (Phi) is 3.68. The molecule has 2 rings (SSSR count). The summed E-state index contributed by atoms with van der Waals surface area (Å²) in [5.74, 6) is 0.697. The van der Waals surface area contributed by atoms with Gasteiger partial charge in [-0.15, -0.1) is 0 Å². The Balaban J connectivity index is 2.26. The van der Waals surface area contributed by atoms with Crippen LogP contribution in [-0.4, -0.2) is 13.1 Å². The van der Waals surface area contributed by atoms with Crippen LogP contribution in [0, 0.1) is 22.7 Å². The zero-order valence-electron chi connectivity index (χ0n) is 11.2. The van der Waals surface area contributed by atoms with Crippen LogP contribution in [0.25, 0.3) is 0 Å². The van der Waals surface area contributed by atoms with E-state index in [1.54, 1.807) is 0 Å². The van der Waals surface area contributed by atoms with Crippen LogP contribution in [0.15, 0.2) is 22.7 Å². The van der Waals surface area contributed by atoms with E-state index in [4.69, 9.17) is 0 Å². The fraction of sp³-hybridized carbons (Fsp3) is 0.533. The molecule has 96 valence electrons. The van der Waals surface area contributed by atoms with Crippen molar-refractivity contribution < 1.29 is 0 Å². The van der Waals surface area contributed by atoms with Gasteiger partial charge >= 0.3 is 0 Å². The van der Waals surface area contributed by atoms with E-state index in [2.05, 4.69) is 47.7 Å². The Labute approximate surface area is 118 Å². The van der Waals surface area contributed by atoms with Gasteiger partial charge in [0.15, 0.2) is 0 Å². The SMILES string of the molecule is CC(C)(C)C1CCN(c2cccc(Br)c2C#N)C1. The Morgan fingerprint density at radius 1 is 1.39 bits per heavy atom. The monoisotopic (exact) mass is 306 g/mol. The van der Waals surface area contributed by atoms with Crippen LogP contribution in [0.4, 0.5) is 5.69 Å². The van der Waals surface area contributed by atoms with E-state index in [9.17, 15) is 5.26 Å². The van der Waals surface area contributed by atoms with E-state index in [0.29, 0.717) is 11.3 Å². The molecule has 1 aromatic carbocycles. The minimum absolute atomic E-state index is 0.341. The molecule has 0 amide bonds. The minimum atomic E-state index is 0.341. The lowest BCUT2D eigenvalue weighted by Gasteiger charge is -2.27. The van der Waals surface area contributed by atoms with Gasteiger partial charge in [0, 0.05) is 17.6 Å². The van der Waals surface area contributed by atoms with E-state index >= 15 is 0 Å². The van der Waals surface area contributed by atoms with Gasteiger partial charge in [0.1, 0.15) is 6.07 Å². The fourth-order valence-electron chi connectivity index (χ4n) is 2.57. The van der Waals surface area contributed by atoms with Crippen LogP contribution in [0.5, 0.6) is 0 Å². The summed E-state index contributed by atoms with van der Waals surface area (Å²) in [5, 5.41) is 9.28. The molecule has 1 aliphatic heterocycles. The number of benzene rings is 1. The smallest absolute Gasteiger partial charge is 0.103 e. The van der Waals surface area contributed by atoms with Crippen molar-refractivity contribution in [1.82, 2.24) is 0 Å². The Hall–Kier alpha value is -1.01. The molecule has 1 saturated heterocycles. The summed E-state index contributed by atoms with van der Waals surface area (Å²) >= 11 is 3.46. The molecule has 1 aliphatic rings. The molecule has 18 heavy (non-hydrogen) atoms. The van der Waals surface area contributed by atoms with Gasteiger partial charge in [-0.25, -0.2) is 0 Å². The highest BCUT2D eigenvalue weighted by Gasteiger charge is 2.32. The first kappa shape index (κ1) is 13.4. The van der Waals surface area contributed by atoms with Gasteiger partial charge in [-0.2, -0.15) is 5.26 Å². The van der Waals surface area contributed by atoms with Crippen molar-refractivity contribution in [3.05, 3.63) is 28.2 Å². The summed E-state index contributed by atoms with van der Waals surface area (Å²) < 4.78 is 0.890. The van der Waals surface area contributed by atoms with E-state index in [0.717, 1.165) is 28.8 Å². The second-order valence-corrected chi connectivity index (χ2v) is 6.90. The fourth-order valence-corrected chi connectivity index (χ4v) is 3.02. The summed E-state index contributed by atoms with van der Waals surface area (Å²) in [4.78, 5) is 2.35. The number of nitrogens with zero attached hydrogens (tertiary/aromatic N) is 2. The van der Waals surface area contributed by atoms with Gasteiger partial charge in [0.2, 0.25) is 0 Å². The Morgan fingerprint density at radius 3 is 2.67 bits per heavy atom. The first-order valence-electron chi connectivity index (χ1n) is 6.37. The van der Waals surface area contributed by atoms with Crippen molar-refractivity contribution in [2.24, 2.45) is 11.3 Å². The minimum Gasteiger partial charge on any atom is -0.370 e. The highest BCUT2D eigenvalue weighted by molar-refractivity contribution is 9.10. The Bertz CT molecular complexity index is 482. The van der Waals surface area contributed by atoms with Crippen LogP contribution >= 0.6 is 15.9 Å². The Morgan fingerprint density at radius 2 is 2.11 bits per heavy atom. The molecule has 2 nitrogen and oxygen atoms in total. The van der Waals surface area contributed by atoms with Crippen LogP contribution in [0.1, 0.15) is 32.8 Å².